The van der Waals surface area contributed by atoms with Gasteiger partial charge in [-0.3, -0.25) is 10.4 Å². The highest BCUT2D eigenvalue weighted by atomic mass is 32.1. The number of nitrogens with zero attached hydrogens (tertiary/aromatic N) is 3. The summed E-state index contributed by atoms with van der Waals surface area (Å²) in [6.45, 7) is 2.49. The molecule has 0 aliphatic heterocycles. The van der Waals surface area contributed by atoms with E-state index in [2.05, 4.69) is 42.9 Å². The average molecular weight is 342 g/mol. The summed E-state index contributed by atoms with van der Waals surface area (Å²) in [7, 11) is 0. The van der Waals surface area contributed by atoms with E-state index in [9.17, 15) is 4.79 Å². The van der Waals surface area contributed by atoms with E-state index in [-0.39, 0.29) is 6.03 Å². The molecule has 0 atom stereocenters. The SMILES string of the molecule is Cc1sc(NC(=O)NCCc2ncn[nH]2)nc1Cc1ccccc1. The predicted octanol–water partition coefficient (Wildman–Crippen LogP) is 2.52. The molecule has 3 aromatic rings. The lowest BCUT2D eigenvalue weighted by molar-refractivity contribution is 0.252. The number of aryl methyl sites for hydroxylation is 1. The van der Waals surface area contributed by atoms with Crippen LogP contribution in [0.1, 0.15) is 22.0 Å². The van der Waals surface area contributed by atoms with Crippen LogP contribution in [0.2, 0.25) is 0 Å². The number of carbonyl (C=O) groups is 1. The van der Waals surface area contributed by atoms with E-state index in [1.165, 1.54) is 23.2 Å². The van der Waals surface area contributed by atoms with Crippen LogP contribution >= 0.6 is 11.3 Å². The summed E-state index contributed by atoms with van der Waals surface area (Å²) < 4.78 is 0. The Morgan fingerprint density at radius 1 is 1.29 bits per heavy atom. The molecular weight excluding hydrogens is 324 g/mol. The van der Waals surface area contributed by atoms with Crippen molar-refractivity contribution in [1.82, 2.24) is 25.5 Å². The topological polar surface area (TPSA) is 95.6 Å². The lowest BCUT2D eigenvalue weighted by Crippen LogP contribution is -2.30. The van der Waals surface area contributed by atoms with Gasteiger partial charge in [0.05, 0.1) is 5.69 Å². The van der Waals surface area contributed by atoms with E-state index in [1.807, 2.05) is 25.1 Å². The molecule has 0 spiro atoms. The summed E-state index contributed by atoms with van der Waals surface area (Å²) >= 11 is 1.48. The number of anilines is 1. The van der Waals surface area contributed by atoms with Crippen LogP contribution in [0, 0.1) is 6.92 Å². The Morgan fingerprint density at radius 2 is 2.12 bits per heavy atom. The van der Waals surface area contributed by atoms with Crippen LogP contribution in [-0.2, 0) is 12.8 Å². The molecule has 0 radical (unpaired) electrons. The molecule has 0 aliphatic rings. The number of aromatic nitrogens is 4. The second-order valence-electron chi connectivity index (χ2n) is 5.25. The summed E-state index contributed by atoms with van der Waals surface area (Å²) in [6.07, 6.45) is 2.81. The van der Waals surface area contributed by atoms with Gasteiger partial charge >= 0.3 is 6.03 Å². The quantitative estimate of drug-likeness (QED) is 0.641. The minimum absolute atomic E-state index is 0.269. The van der Waals surface area contributed by atoms with Gasteiger partial charge in [0.15, 0.2) is 5.13 Å². The van der Waals surface area contributed by atoms with Crippen molar-refractivity contribution in [3.05, 3.63) is 58.6 Å². The summed E-state index contributed by atoms with van der Waals surface area (Å²) in [5.74, 6) is 0.741. The van der Waals surface area contributed by atoms with E-state index >= 15 is 0 Å². The van der Waals surface area contributed by atoms with Crippen molar-refractivity contribution in [2.75, 3.05) is 11.9 Å². The van der Waals surface area contributed by atoms with Crippen LogP contribution in [0.5, 0.6) is 0 Å². The molecule has 2 aromatic heterocycles. The van der Waals surface area contributed by atoms with Crippen molar-refractivity contribution in [2.24, 2.45) is 0 Å². The lowest BCUT2D eigenvalue weighted by atomic mass is 10.1. The zero-order chi connectivity index (χ0) is 16.8. The maximum absolute atomic E-state index is 11.9. The molecule has 1 aromatic carbocycles. The molecule has 0 fully saturated rings. The van der Waals surface area contributed by atoms with Crippen LogP contribution in [0.4, 0.5) is 9.93 Å². The van der Waals surface area contributed by atoms with Crippen molar-refractivity contribution in [1.29, 1.82) is 0 Å². The molecule has 3 rings (SSSR count). The molecule has 0 saturated heterocycles. The minimum atomic E-state index is -0.269. The van der Waals surface area contributed by atoms with E-state index in [4.69, 9.17) is 0 Å². The van der Waals surface area contributed by atoms with Gasteiger partial charge in [-0.15, -0.1) is 11.3 Å². The molecule has 0 bridgehead atoms. The first kappa shape index (κ1) is 16.1. The van der Waals surface area contributed by atoms with Gasteiger partial charge in [0.1, 0.15) is 12.2 Å². The van der Waals surface area contributed by atoms with E-state index in [0.29, 0.717) is 18.1 Å². The zero-order valence-electron chi connectivity index (χ0n) is 13.2. The van der Waals surface area contributed by atoms with E-state index in [0.717, 1.165) is 22.8 Å². The van der Waals surface area contributed by atoms with Gasteiger partial charge in [0, 0.05) is 24.3 Å². The maximum atomic E-state index is 11.9. The third kappa shape index (κ3) is 4.39. The number of aromatic amines is 1. The number of urea groups is 1. The number of amides is 2. The third-order valence-corrected chi connectivity index (χ3v) is 4.37. The lowest BCUT2D eigenvalue weighted by Gasteiger charge is -2.03. The fourth-order valence-electron chi connectivity index (χ4n) is 2.22. The number of nitrogens with one attached hydrogen (secondary N) is 3. The van der Waals surface area contributed by atoms with Gasteiger partial charge in [-0.2, -0.15) is 5.10 Å². The molecule has 2 heterocycles. The number of rotatable bonds is 6. The summed E-state index contributed by atoms with van der Waals surface area (Å²) in [5.41, 5.74) is 2.19. The van der Waals surface area contributed by atoms with Gasteiger partial charge < -0.3 is 5.32 Å². The second kappa shape index (κ2) is 7.69. The standard InChI is InChI=1S/C16H18N6OS/c1-11-13(9-12-5-3-2-4-6-12)20-16(24-11)21-15(23)17-8-7-14-18-10-19-22-14/h2-6,10H,7-9H2,1H3,(H,18,19,22)(H2,17,20,21,23). The van der Waals surface area contributed by atoms with Crippen LogP contribution in [-0.4, -0.2) is 32.7 Å². The Labute approximate surface area is 143 Å². The monoisotopic (exact) mass is 342 g/mol. The predicted molar refractivity (Wildman–Crippen MR) is 93.2 cm³/mol. The Balaban J connectivity index is 1.51. The molecule has 2 amide bonds. The smallest absolute Gasteiger partial charge is 0.321 e. The van der Waals surface area contributed by atoms with Crippen LogP contribution < -0.4 is 10.6 Å². The number of hydrogen-bond acceptors (Lipinski definition) is 5. The highest BCUT2D eigenvalue weighted by molar-refractivity contribution is 7.15. The Bertz CT molecular complexity index is 784. The Kier molecular flexibility index (Phi) is 5.17. The van der Waals surface area contributed by atoms with Crippen molar-refractivity contribution in [2.45, 2.75) is 19.8 Å². The zero-order valence-corrected chi connectivity index (χ0v) is 14.1. The number of H-pyrrole nitrogens is 1. The van der Waals surface area contributed by atoms with Crippen LogP contribution in [0.25, 0.3) is 0 Å². The molecule has 0 unspecified atom stereocenters. The first-order valence-corrected chi connectivity index (χ1v) is 8.41. The summed E-state index contributed by atoms with van der Waals surface area (Å²) in [4.78, 5) is 21.5. The number of thiazole rings is 1. The van der Waals surface area contributed by atoms with Crippen LogP contribution in [0.3, 0.4) is 0 Å². The Morgan fingerprint density at radius 3 is 2.88 bits per heavy atom. The van der Waals surface area contributed by atoms with Crippen molar-refractivity contribution in [3.8, 4) is 0 Å². The largest absolute Gasteiger partial charge is 0.337 e. The second-order valence-corrected chi connectivity index (χ2v) is 6.45. The van der Waals surface area contributed by atoms with Crippen molar-refractivity contribution < 1.29 is 4.79 Å². The van der Waals surface area contributed by atoms with Gasteiger partial charge in [0.2, 0.25) is 0 Å². The number of benzene rings is 1. The fourth-order valence-corrected chi connectivity index (χ4v) is 3.05. The average Bonchev–Trinajstić information content (AvgIpc) is 3.19. The summed E-state index contributed by atoms with van der Waals surface area (Å²) in [5, 5.41) is 12.7. The van der Waals surface area contributed by atoms with Gasteiger partial charge in [-0.25, -0.2) is 14.8 Å². The number of carbonyl (C=O) groups excluding carboxylic acids is 1. The third-order valence-electron chi connectivity index (χ3n) is 3.44. The minimum Gasteiger partial charge on any atom is -0.337 e. The molecule has 24 heavy (non-hydrogen) atoms. The summed E-state index contributed by atoms with van der Waals surface area (Å²) in [6, 6.07) is 9.89. The normalized spacial score (nSPS) is 10.5. The fraction of sp³-hybridized carbons (Fsp3) is 0.250. The first-order valence-electron chi connectivity index (χ1n) is 7.60. The molecule has 7 nitrogen and oxygen atoms in total. The molecular formula is C16H18N6OS. The molecule has 0 saturated carbocycles. The van der Waals surface area contributed by atoms with Crippen LogP contribution in [0.15, 0.2) is 36.7 Å². The highest BCUT2D eigenvalue weighted by Crippen LogP contribution is 2.24. The van der Waals surface area contributed by atoms with Gasteiger partial charge in [0.25, 0.3) is 0 Å². The maximum Gasteiger partial charge on any atom is 0.321 e. The molecule has 8 heteroatoms. The van der Waals surface area contributed by atoms with Gasteiger partial charge in [-0.1, -0.05) is 30.3 Å². The molecule has 0 aliphatic carbocycles. The van der Waals surface area contributed by atoms with E-state index in [1.54, 1.807) is 0 Å². The Hall–Kier alpha value is -2.74. The number of hydrogen-bond donors (Lipinski definition) is 3. The highest BCUT2D eigenvalue weighted by Gasteiger charge is 2.11. The van der Waals surface area contributed by atoms with Crippen molar-refractivity contribution >= 4 is 22.5 Å². The van der Waals surface area contributed by atoms with Crippen molar-refractivity contribution in [3.63, 3.8) is 0 Å². The van der Waals surface area contributed by atoms with E-state index < -0.39 is 0 Å². The first-order chi connectivity index (χ1) is 11.7. The molecule has 124 valence electrons. The molecule has 3 N–H and O–H groups in total. The van der Waals surface area contributed by atoms with Gasteiger partial charge in [-0.05, 0) is 12.5 Å².